The molecule has 1 unspecified atom stereocenters. The molecule has 0 spiro atoms. The van der Waals surface area contributed by atoms with Crippen molar-refractivity contribution in [3.63, 3.8) is 0 Å². The molecule has 0 N–H and O–H groups in total. The Balaban J connectivity index is 1.90. The van der Waals surface area contributed by atoms with E-state index in [0.29, 0.717) is 5.25 Å². The van der Waals surface area contributed by atoms with E-state index in [1.54, 1.807) is 0 Å². The fourth-order valence-electron chi connectivity index (χ4n) is 2.37. The van der Waals surface area contributed by atoms with Crippen molar-refractivity contribution in [1.29, 1.82) is 0 Å². The zero-order valence-electron chi connectivity index (χ0n) is 12.2. The SMILES string of the molecule is CC(C)(C)c1ccc2c(c1)SC(c1ccccc1)CO2. The normalized spacial score (nSPS) is 18.2. The summed E-state index contributed by atoms with van der Waals surface area (Å²) in [5.41, 5.74) is 2.88. The molecule has 0 saturated carbocycles. The zero-order valence-corrected chi connectivity index (χ0v) is 13.0. The Kier molecular flexibility index (Phi) is 3.51. The highest BCUT2D eigenvalue weighted by atomic mass is 32.2. The lowest BCUT2D eigenvalue weighted by atomic mass is 9.87. The monoisotopic (exact) mass is 284 g/mol. The number of fused-ring (bicyclic) bond motifs is 1. The Morgan fingerprint density at radius 1 is 1.05 bits per heavy atom. The lowest BCUT2D eigenvalue weighted by Crippen LogP contribution is -2.15. The first-order valence-electron chi connectivity index (χ1n) is 7.03. The molecular formula is C18H20OS. The summed E-state index contributed by atoms with van der Waals surface area (Å²) in [6, 6.07) is 17.2. The fourth-order valence-corrected chi connectivity index (χ4v) is 3.54. The third-order valence-corrected chi connectivity index (χ3v) is 4.91. The number of thioether (sulfide) groups is 1. The van der Waals surface area contributed by atoms with Crippen LogP contribution in [0.3, 0.4) is 0 Å². The van der Waals surface area contributed by atoms with Crippen molar-refractivity contribution in [1.82, 2.24) is 0 Å². The van der Waals surface area contributed by atoms with Gasteiger partial charge in [-0.05, 0) is 28.7 Å². The smallest absolute Gasteiger partial charge is 0.132 e. The molecule has 2 heteroatoms. The van der Waals surface area contributed by atoms with E-state index in [4.69, 9.17) is 4.74 Å². The maximum atomic E-state index is 5.94. The summed E-state index contributed by atoms with van der Waals surface area (Å²) in [6.45, 7) is 7.49. The molecule has 20 heavy (non-hydrogen) atoms. The molecule has 1 aliphatic heterocycles. The van der Waals surface area contributed by atoms with Gasteiger partial charge in [0, 0.05) is 0 Å². The summed E-state index contributed by atoms with van der Waals surface area (Å²) in [7, 11) is 0. The molecule has 1 atom stereocenters. The molecule has 1 heterocycles. The van der Waals surface area contributed by atoms with Crippen LogP contribution >= 0.6 is 11.8 Å². The quantitative estimate of drug-likeness (QED) is 0.711. The summed E-state index contributed by atoms with van der Waals surface area (Å²) in [6.07, 6.45) is 0. The van der Waals surface area contributed by atoms with Gasteiger partial charge in [-0.1, -0.05) is 57.2 Å². The Morgan fingerprint density at radius 3 is 2.50 bits per heavy atom. The van der Waals surface area contributed by atoms with Gasteiger partial charge in [0.2, 0.25) is 0 Å². The number of rotatable bonds is 1. The molecule has 0 saturated heterocycles. The second kappa shape index (κ2) is 5.17. The van der Waals surface area contributed by atoms with Crippen LogP contribution in [0.4, 0.5) is 0 Å². The Bertz CT molecular complexity index is 599. The van der Waals surface area contributed by atoms with E-state index >= 15 is 0 Å². The Morgan fingerprint density at radius 2 is 1.80 bits per heavy atom. The largest absolute Gasteiger partial charge is 0.491 e. The third-order valence-electron chi connectivity index (χ3n) is 3.64. The molecule has 0 aliphatic carbocycles. The van der Waals surface area contributed by atoms with E-state index in [0.717, 1.165) is 12.4 Å². The van der Waals surface area contributed by atoms with Crippen LogP contribution in [0, 0.1) is 0 Å². The molecule has 0 bridgehead atoms. The molecular weight excluding hydrogens is 264 g/mol. The number of ether oxygens (including phenoxy) is 1. The minimum atomic E-state index is 0.176. The van der Waals surface area contributed by atoms with Gasteiger partial charge < -0.3 is 4.74 Å². The predicted octanol–water partition coefficient (Wildman–Crippen LogP) is 5.21. The van der Waals surface area contributed by atoms with E-state index < -0.39 is 0 Å². The summed E-state index contributed by atoms with van der Waals surface area (Å²) in [5.74, 6) is 1.02. The van der Waals surface area contributed by atoms with Crippen LogP contribution in [0.1, 0.15) is 37.1 Å². The van der Waals surface area contributed by atoms with Crippen LogP contribution in [-0.4, -0.2) is 6.61 Å². The van der Waals surface area contributed by atoms with Crippen LogP contribution in [0.25, 0.3) is 0 Å². The topological polar surface area (TPSA) is 9.23 Å². The molecule has 0 aromatic heterocycles. The first-order chi connectivity index (χ1) is 9.54. The van der Waals surface area contributed by atoms with Crippen molar-refractivity contribution in [2.24, 2.45) is 0 Å². The maximum Gasteiger partial charge on any atom is 0.132 e. The van der Waals surface area contributed by atoms with Crippen LogP contribution in [0.5, 0.6) is 5.75 Å². The first kappa shape index (κ1) is 13.6. The molecule has 0 fully saturated rings. The zero-order chi connectivity index (χ0) is 14.2. The van der Waals surface area contributed by atoms with Gasteiger partial charge in [0.05, 0.1) is 10.1 Å². The highest BCUT2D eigenvalue weighted by Crippen LogP contribution is 2.45. The van der Waals surface area contributed by atoms with Gasteiger partial charge in [-0.2, -0.15) is 0 Å². The summed E-state index contributed by atoms with van der Waals surface area (Å²) >= 11 is 1.92. The van der Waals surface area contributed by atoms with Crippen molar-refractivity contribution in [2.75, 3.05) is 6.61 Å². The van der Waals surface area contributed by atoms with E-state index in [1.165, 1.54) is 16.0 Å². The van der Waals surface area contributed by atoms with Crippen LogP contribution in [0.15, 0.2) is 53.4 Å². The highest BCUT2D eigenvalue weighted by molar-refractivity contribution is 7.99. The second-order valence-corrected chi connectivity index (χ2v) is 7.48. The molecule has 0 amide bonds. The van der Waals surface area contributed by atoms with Crippen molar-refractivity contribution < 1.29 is 4.74 Å². The lowest BCUT2D eigenvalue weighted by molar-refractivity contribution is 0.303. The van der Waals surface area contributed by atoms with E-state index in [1.807, 2.05) is 11.8 Å². The fraction of sp³-hybridized carbons (Fsp3) is 0.333. The number of hydrogen-bond donors (Lipinski definition) is 0. The van der Waals surface area contributed by atoms with Crippen LogP contribution in [-0.2, 0) is 5.41 Å². The minimum Gasteiger partial charge on any atom is -0.491 e. The van der Waals surface area contributed by atoms with Gasteiger partial charge in [-0.3, -0.25) is 0 Å². The van der Waals surface area contributed by atoms with Gasteiger partial charge in [0.25, 0.3) is 0 Å². The molecule has 1 nitrogen and oxygen atoms in total. The van der Waals surface area contributed by atoms with E-state index in [-0.39, 0.29) is 5.41 Å². The maximum absolute atomic E-state index is 5.94. The van der Waals surface area contributed by atoms with Crippen molar-refractivity contribution in [3.8, 4) is 5.75 Å². The molecule has 3 rings (SSSR count). The molecule has 2 aromatic carbocycles. The van der Waals surface area contributed by atoms with E-state index in [2.05, 4.69) is 69.3 Å². The van der Waals surface area contributed by atoms with E-state index in [9.17, 15) is 0 Å². The van der Waals surface area contributed by atoms with Gasteiger partial charge in [-0.25, -0.2) is 0 Å². The average molecular weight is 284 g/mol. The number of hydrogen-bond acceptors (Lipinski definition) is 2. The van der Waals surface area contributed by atoms with Gasteiger partial charge in [0.15, 0.2) is 0 Å². The standard InChI is InChI=1S/C18H20OS/c1-18(2,3)14-9-10-15-16(11-14)20-17(12-19-15)13-7-5-4-6-8-13/h4-11,17H,12H2,1-3H3. The summed E-state index contributed by atoms with van der Waals surface area (Å²) < 4.78 is 5.94. The second-order valence-electron chi connectivity index (χ2n) is 6.24. The highest BCUT2D eigenvalue weighted by Gasteiger charge is 2.24. The Hall–Kier alpha value is -1.41. The van der Waals surface area contributed by atoms with Gasteiger partial charge >= 0.3 is 0 Å². The lowest BCUT2D eigenvalue weighted by Gasteiger charge is -2.27. The molecule has 2 aromatic rings. The Labute approximate surface area is 125 Å². The first-order valence-corrected chi connectivity index (χ1v) is 7.91. The minimum absolute atomic E-state index is 0.176. The van der Waals surface area contributed by atoms with Crippen molar-refractivity contribution in [3.05, 3.63) is 59.7 Å². The molecule has 104 valence electrons. The molecule has 1 aliphatic rings. The van der Waals surface area contributed by atoms with Crippen LogP contribution < -0.4 is 4.74 Å². The van der Waals surface area contributed by atoms with Crippen LogP contribution in [0.2, 0.25) is 0 Å². The number of benzene rings is 2. The average Bonchev–Trinajstić information content (AvgIpc) is 2.46. The molecule has 0 radical (unpaired) electrons. The van der Waals surface area contributed by atoms with Crippen molar-refractivity contribution in [2.45, 2.75) is 36.3 Å². The summed E-state index contributed by atoms with van der Waals surface area (Å²) in [5, 5.41) is 0.388. The predicted molar refractivity (Wildman–Crippen MR) is 85.7 cm³/mol. The van der Waals surface area contributed by atoms with Gasteiger partial charge in [-0.15, -0.1) is 11.8 Å². The summed E-state index contributed by atoms with van der Waals surface area (Å²) in [4.78, 5) is 1.26. The third kappa shape index (κ3) is 2.71. The van der Waals surface area contributed by atoms with Crippen molar-refractivity contribution >= 4 is 11.8 Å². The van der Waals surface area contributed by atoms with Gasteiger partial charge in [0.1, 0.15) is 12.4 Å².